The molecule has 17 heavy (non-hydrogen) atoms. The van der Waals surface area contributed by atoms with Crippen LogP contribution in [0.15, 0.2) is 12.1 Å². The average Bonchev–Trinajstić information content (AvgIpc) is 2.95. The van der Waals surface area contributed by atoms with Gasteiger partial charge in [0.1, 0.15) is 4.88 Å². The SMILES string of the molecule is Cc1ccc(C(=O)OCC(=O)N2CCCC2)s1. The van der Waals surface area contributed by atoms with Gasteiger partial charge in [0.25, 0.3) is 5.91 Å². The maximum Gasteiger partial charge on any atom is 0.348 e. The van der Waals surface area contributed by atoms with Crippen molar-refractivity contribution >= 4 is 23.2 Å². The molecule has 1 amide bonds. The van der Waals surface area contributed by atoms with Crippen LogP contribution in [0.25, 0.3) is 0 Å². The summed E-state index contributed by atoms with van der Waals surface area (Å²) in [6, 6.07) is 3.59. The van der Waals surface area contributed by atoms with E-state index in [1.54, 1.807) is 11.0 Å². The highest BCUT2D eigenvalue weighted by Crippen LogP contribution is 2.16. The van der Waals surface area contributed by atoms with Crippen LogP contribution in [0.5, 0.6) is 0 Å². The van der Waals surface area contributed by atoms with Gasteiger partial charge in [-0.25, -0.2) is 4.79 Å². The first kappa shape index (κ1) is 12.1. The summed E-state index contributed by atoms with van der Waals surface area (Å²) in [5.74, 6) is -0.500. The molecule has 1 saturated heterocycles. The number of aryl methyl sites for hydroxylation is 1. The predicted molar refractivity (Wildman–Crippen MR) is 65.2 cm³/mol. The van der Waals surface area contributed by atoms with Gasteiger partial charge in [-0.15, -0.1) is 11.3 Å². The van der Waals surface area contributed by atoms with Gasteiger partial charge in [-0.05, 0) is 31.9 Å². The lowest BCUT2D eigenvalue weighted by atomic mass is 10.4. The van der Waals surface area contributed by atoms with E-state index in [1.165, 1.54) is 11.3 Å². The first-order valence-electron chi connectivity index (χ1n) is 5.68. The van der Waals surface area contributed by atoms with Crippen molar-refractivity contribution in [1.82, 2.24) is 4.90 Å². The summed E-state index contributed by atoms with van der Waals surface area (Å²) >= 11 is 1.38. The van der Waals surface area contributed by atoms with Gasteiger partial charge in [-0.2, -0.15) is 0 Å². The van der Waals surface area contributed by atoms with Crippen LogP contribution in [0.3, 0.4) is 0 Å². The van der Waals surface area contributed by atoms with E-state index < -0.39 is 5.97 Å². The minimum absolute atomic E-state index is 0.0934. The average molecular weight is 253 g/mol. The fourth-order valence-electron chi connectivity index (χ4n) is 1.80. The second-order valence-electron chi connectivity index (χ2n) is 4.07. The summed E-state index contributed by atoms with van der Waals surface area (Å²) in [6.45, 7) is 3.36. The largest absolute Gasteiger partial charge is 0.451 e. The molecule has 0 unspecified atom stereocenters. The Morgan fingerprint density at radius 2 is 2.06 bits per heavy atom. The predicted octanol–water partition coefficient (Wildman–Crippen LogP) is 1.84. The van der Waals surface area contributed by atoms with Crippen LogP contribution in [-0.2, 0) is 9.53 Å². The van der Waals surface area contributed by atoms with Gasteiger partial charge >= 0.3 is 5.97 Å². The molecular formula is C12H15NO3S. The van der Waals surface area contributed by atoms with Crippen molar-refractivity contribution in [3.05, 3.63) is 21.9 Å². The van der Waals surface area contributed by atoms with E-state index in [4.69, 9.17) is 4.74 Å². The Labute approximate surface area is 104 Å². The second-order valence-corrected chi connectivity index (χ2v) is 5.36. The molecule has 0 saturated carbocycles. The lowest BCUT2D eigenvalue weighted by molar-refractivity contribution is -0.133. The van der Waals surface area contributed by atoms with Crippen LogP contribution >= 0.6 is 11.3 Å². The minimum atomic E-state index is -0.407. The molecule has 0 atom stereocenters. The highest BCUT2D eigenvalue weighted by Gasteiger charge is 2.19. The highest BCUT2D eigenvalue weighted by atomic mass is 32.1. The molecule has 0 radical (unpaired) electrons. The van der Waals surface area contributed by atoms with Crippen molar-refractivity contribution in [2.45, 2.75) is 19.8 Å². The molecule has 0 N–H and O–H groups in total. The molecule has 2 rings (SSSR count). The standard InChI is InChI=1S/C12H15NO3S/c1-9-4-5-10(17-9)12(15)16-8-11(14)13-6-2-3-7-13/h4-5H,2-3,6-8H2,1H3. The summed E-state index contributed by atoms with van der Waals surface area (Å²) < 4.78 is 5.00. The third-order valence-corrected chi connectivity index (χ3v) is 3.71. The molecular weight excluding hydrogens is 238 g/mol. The molecule has 4 nitrogen and oxygen atoms in total. The molecule has 0 aliphatic carbocycles. The lowest BCUT2D eigenvalue weighted by Gasteiger charge is -2.14. The number of carbonyl (C=O) groups excluding carboxylic acids is 2. The molecule has 0 spiro atoms. The zero-order chi connectivity index (χ0) is 12.3. The van der Waals surface area contributed by atoms with Crippen LogP contribution in [-0.4, -0.2) is 36.5 Å². The number of ether oxygens (including phenoxy) is 1. The fourth-order valence-corrected chi connectivity index (χ4v) is 2.56. The molecule has 1 aromatic heterocycles. The van der Waals surface area contributed by atoms with Crippen LogP contribution in [0.1, 0.15) is 27.4 Å². The Hall–Kier alpha value is -1.36. The Morgan fingerprint density at radius 3 is 2.65 bits per heavy atom. The van der Waals surface area contributed by atoms with E-state index in [0.29, 0.717) is 4.88 Å². The van der Waals surface area contributed by atoms with Crippen LogP contribution in [0.4, 0.5) is 0 Å². The van der Waals surface area contributed by atoms with Gasteiger partial charge in [0.2, 0.25) is 0 Å². The Morgan fingerprint density at radius 1 is 1.35 bits per heavy atom. The summed E-state index contributed by atoms with van der Waals surface area (Å²) in [6.07, 6.45) is 2.09. The van der Waals surface area contributed by atoms with Crippen molar-refractivity contribution in [1.29, 1.82) is 0 Å². The third-order valence-electron chi connectivity index (χ3n) is 2.73. The Kier molecular flexibility index (Phi) is 3.78. The number of hydrogen-bond donors (Lipinski definition) is 0. The molecule has 0 bridgehead atoms. The molecule has 1 aromatic rings. The first-order chi connectivity index (χ1) is 8.16. The van der Waals surface area contributed by atoms with Crippen LogP contribution in [0.2, 0.25) is 0 Å². The number of nitrogens with zero attached hydrogens (tertiary/aromatic N) is 1. The monoisotopic (exact) mass is 253 g/mol. The number of amides is 1. The highest BCUT2D eigenvalue weighted by molar-refractivity contribution is 7.13. The number of esters is 1. The number of thiophene rings is 1. The van der Waals surface area contributed by atoms with Gasteiger partial charge in [-0.3, -0.25) is 4.79 Å². The number of hydrogen-bond acceptors (Lipinski definition) is 4. The van der Waals surface area contributed by atoms with Gasteiger partial charge in [0.15, 0.2) is 6.61 Å². The van der Waals surface area contributed by atoms with E-state index in [9.17, 15) is 9.59 Å². The summed E-state index contributed by atoms with van der Waals surface area (Å²) in [5.41, 5.74) is 0. The van der Waals surface area contributed by atoms with Crippen molar-refractivity contribution < 1.29 is 14.3 Å². The Balaban J connectivity index is 1.81. The van der Waals surface area contributed by atoms with Crippen molar-refractivity contribution in [2.24, 2.45) is 0 Å². The van der Waals surface area contributed by atoms with E-state index >= 15 is 0 Å². The van der Waals surface area contributed by atoms with Gasteiger partial charge in [0.05, 0.1) is 0 Å². The van der Waals surface area contributed by atoms with Crippen molar-refractivity contribution in [3.8, 4) is 0 Å². The van der Waals surface area contributed by atoms with E-state index in [2.05, 4.69) is 0 Å². The normalized spacial score (nSPS) is 15.0. The molecule has 1 aliphatic heterocycles. The summed E-state index contributed by atoms with van der Waals surface area (Å²) in [7, 11) is 0. The topological polar surface area (TPSA) is 46.6 Å². The van der Waals surface area contributed by atoms with E-state index in [-0.39, 0.29) is 12.5 Å². The quantitative estimate of drug-likeness (QED) is 0.772. The molecule has 1 fully saturated rings. The number of carbonyl (C=O) groups is 2. The lowest BCUT2D eigenvalue weighted by Crippen LogP contribution is -2.31. The van der Waals surface area contributed by atoms with E-state index in [1.807, 2.05) is 13.0 Å². The molecule has 1 aliphatic rings. The third kappa shape index (κ3) is 3.06. The maximum atomic E-state index is 11.6. The van der Waals surface area contributed by atoms with Crippen LogP contribution < -0.4 is 0 Å². The van der Waals surface area contributed by atoms with Gasteiger partial charge in [0, 0.05) is 18.0 Å². The summed E-state index contributed by atoms with van der Waals surface area (Å²) in [5, 5.41) is 0. The minimum Gasteiger partial charge on any atom is -0.451 e. The molecule has 2 heterocycles. The smallest absolute Gasteiger partial charge is 0.348 e. The first-order valence-corrected chi connectivity index (χ1v) is 6.50. The maximum absolute atomic E-state index is 11.6. The van der Waals surface area contributed by atoms with Gasteiger partial charge in [-0.1, -0.05) is 0 Å². The van der Waals surface area contributed by atoms with Crippen molar-refractivity contribution in [2.75, 3.05) is 19.7 Å². The molecule has 0 aromatic carbocycles. The Bertz CT molecular complexity index is 421. The second kappa shape index (κ2) is 5.31. The zero-order valence-corrected chi connectivity index (χ0v) is 10.6. The molecule has 5 heteroatoms. The molecule has 92 valence electrons. The zero-order valence-electron chi connectivity index (χ0n) is 9.77. The number of likely N-dealkylation sites (tertiary alicyclic amines) is 1. The van der Waals surface area contributed by atoms with E-state index in [0.717, 1.165) is 30.8 Å². The van der Waals surface area contributed by atoms with Gasteiger partial charge < -0.3 is 9.64 Å². The van der Waals surface area contributed by atoms with Crippen molar-refractivity contribution in [3.63, 3.8) is 0 Å². The number of rotatable bonds is 3. The summed E-state index contributed by atoms with van der Waals surface area (Å²) in [4.78, 5) is 26.6. The van der Waals surface area contributed by atoms with Crippen LogP contribution in [0, 0.1) is 6.92 Å². The fraction of sp³-hybridized carbons (Fsp3) is 0.500.